The van der Waals surface area contributed by atoms with Crippen LogP contribution in [-0.4, -0.2) is 8.07 Å². The second kappa shape index (κ2) is 5.36. The Morgan fingerprint density at radius 3 is 2.25 bits per heavy atom. The molecular formula is C15H22Si. The van der Waals surface area contributed by atoms with Gasteiger partial charge in [-0.25, -0.2) is 0 Å². The molecule has 0 aromatic heterocycles. The molecule has 1 rings (SSSR count). The van der Waals surface area contributed by atoms with E-state index in [9.17, 15) is 0 Å². The molecule has 0 saturated heterocycles. The molecule has 0 spiro atoms. The van der Waals surface area contributed by atoms with Crippen molar-refractivity contribution in [3.8, 4) is 11.5 Å². The Balaban J connectivity index is 3.13. The Morgan fingerprint density at radius 2 is 1.75 bits per heavy atom. The Kier molecular flexibility index (Phi) is 4.38. The normalized spacial score (nSPS) is 10.8. The van der Waals surface area contributed by atoms with Crippen molar-refractivity contribution in [1.29, 1.82) is 0 Å². The van der Waals surface area contributed by atoms with E-state index in [0.29, 0.717) is 0 Å². The molecule has 1 heteroatoms. The van der Waals surface area contributed by atoms with E-state index >= 15 is 0 Å². The lowest BCUT2D eigenvalue weighted by molar-refractivity contribution is 1.09. The lowest BCUT2D eigenvalue weighted by atomic mass is 10.0. The molecule has 0 N–H and O–H groups in total. The highest BCUT2D eigenvalue weighted by Gasteiger charge is 2.08. The van der Waals surface area contributed by atoms with Crippen LogP contribution in [0, 0.1) is 11.5 Å². The fraction of sp³-hybridized carbons (Fsp3) is 0.467. The fourth-order valence-electron chi connectivity index (χ4n) is 1.52. The first-order chi connectivity index (χ1) is 7.46. The SMILES string of the molecule is CCc1ccc(CC)c(C#C[Si](C)(C)C)c1. The zero-order chi connectivity index (χ0) is 12.2. The molecule has 0 nitrogen and oxygen atoms in total. The van der Waals surface area contributed by atoms with Crippen LogP contribution in [0.3, 0.4) is 0 Å². The van der Waals surface area contributed by atoms with E-state index < -0.39 is 8.07 Å². The van der Waals surface area contributed by atoms with Crippen molar-refractivity contribution in [2.45, 2.75) is 46.3 Å². The summed E-state index contributed by atoms with van der Waals surface area (Å²) in [6.45, 7) is 11.2. The highest BCUT2D eigenvalue weighted by Crippen LogP contribution is 2.13. The Labute approximate surface area is 101 Å². The second-order valence-electron chi connectivity index (χ2n) is 5.20. The maximum Gasteiger partial charge on any atom is 0.129 e. The number of aryl methyl sites for hydroxylation is 2. The monoisotopic (exact) mass is 230 g/mol. The molecule has 0 aliphatic carbocycles. The quantitative estimate of drug-likeness (QED) is 0.531. The van der Waals surface area contributed by atoms with E-state index in [1.165, 1.54) is 16.7 Å². The molecule has 0 saturated carbocycles. The minimum absolute atomic E-state index is 1.07. The number of rotatable bonds is 2. The van der Waals surface area contributed by atoms with Gasteiger partial charge < -0.3 is 0 Å². The summed E-state index contributed by atoms with van der Waals surface area (Å²) >= 11 is 0. The van der Waals surface area contributed by atoms with Gasteiger partial charge in [0, 0.05) is 5.56 Å². The maximum absolute atomic E-state index is 3.45. The van der Waals surface area contributed by atoms with Gasteiger partial charge in [0.25, 0.3) is 0 Å². The number of benzene rings is 1. The summed E-state index contributed by atoms with van der Waals surface area (Å²) < 4.78 is 0. The first-order valence-electron chi connectivity index (χ1n) is 6.11. The molecule has 1 aromatic carbocycles. The minimum atomic E-state index is -1.26. The second-order valence-corrected chi connectivity index (χ2v) is 9.95. The van der Waals surface area contributed by atoms with E-state index in [2.05, 4.69) is 63.2 Å². The summed E-state index contributed by atoms with van der Waals surface area (Å²) in [7, 11) is -1.26. The van der Waals surface area contributed by atoms with E-state index in [0.717, 1.165) is 12.8 Å². The van der Waals surface area contributed by atoms with Crippen molar-refractivity contribution >= 4 is 8.07 Å². The molecule has 1 aromatic rings. The van der Waals surface area contributed by atoms with Crippen LogP contribution in [0.2, 0.25) is 19.6 Å². The van der Waals surface area contributed by atoms with Gasteiger partial charge in [-0.05, 0) is 30.0 Å². The topological polar surface area (TPSA) is 0 Å². The van der Waals surface area contributed by atoms with Crippen molar-refractivity contribution in [1.82, 2.24) is 0 Å². The number of hydrogen-bond donors (Lipinski definition) is 0. The fourth-order valence-corrected chi connectivity index (χ4v) is 2.03. The Morgan fingerprint density at radius 1 is 1.06 bits per heavy atom. The standard InChI is InChI=1S/C15H22Si/c1-6-13-8-9-14(7-2)15(12-13)10-11-16(3,4)5/h8-9,12H,6-7H2,1-5H3. The summed E-state index contributed by atoms with van der Waals surface area (Å²) in [6.07, 6.45) is 2.16. The third-order valence-corrected chi connectivity index (χ3v) is 3.41. The predicted octanol–water partition coefficient (Wildman–Crippen LogP) is 4.04. The summed E-state index contributed by atoms with van der Waals surface area (Å²) in [5.74, 6) is 3.39. The lowest BCUT2D eigenvalue weighted by Crippen LogP contribution is -2.16. The summed E-state index contributed by atoms with van der Waals surface area (Å²) in [5, 5.41) is 0. The van der Waals surface area contributed by atoms with Crippen molar-refractivity contribution in [2.75, 3.05) is 0 Å². The Hall–Kier alpha value is -1.00. The third kappa shape index (κ3) is 3.87. The van der Waals surface area contributed by atoms with Crippen LogP contribution in [0.25, 0.3) is 0 Å². The largest absolute Gasteiger partial charge is 0.129 e. The zero-order valence-electron chi connectivity index (χ0n) is 11.1. The van der Waals surface area contributed by atoms with Gasteiger partial charge in [-0.1, -0.05) is 51.5 Å². The van der Waals surface area contributed by atoms with Gasteiger partial charge in [0.05, 0.1) is 0 Å². The highest BCUT2D eigenvalue weighted by molar-refractivity contribution is 6.83. The Bertz CT molecular complexity index is 413. The summed E-state index contributed by atoms with van der Waals surface area (Å²) in [6, 6.07) is 6.71. The molecule has 0 aliphatic heterocycles. The molecule has 0 fully saturated rings. The van der Waals surface area contributed by atoms with E-state index in [-0.39, 0.29) is 0 Å². The van der Waals surface area contributed by atoms with Gasteiger partial charge in [-0.15, -0.1) is 5.54 Å². The highest BCUT2D eigenvalue weighted by atomic mass is 28.3. The van der Waals surface area contributed by atoms with Crippen molar-refractivity contribution in [3.63, 3.8) is 0 Å². The molecule has 0 radical (unpaired) electrons. The van der Waals surface area contributed by atoms with Crippen LogP contribution in [0.1, 0.15) is 30.5 Å². The average Bonchev–Trinajstić information content (AvgIpc) is 2.25. The molecule has 86 valence electrons. The molecule has 0 amide bonds. The van der Waals surface area contributed by atoms with Crippen molar-refractivity contribution in [3.05, 3.63) is 34.9 Å². The third-order valence-electron chi connectivity index (χ3n) is 2.54. The molecule has 0 unspecified atom stereocenters. The average molecular weight is 230 g/mol. The van der Waals surface area contributed by atoms with E-state index in [1.54, 1.807) is 0 Å². The summed E-state index contributed by atoms with van der Waals surface area (Å²) in [4.78, 5) is 0. The van der Waals surface area contributed by atoms with Crippen LogP contribution >= 0.6 is 0 Å². The molecular weight excluding hydrogens is 208 g/mol. The smallest absolute Gasteiger partial charge is 0.127 e. The van der Waals surface area contributed by atoms with E-state index in [1.807, 2.05) is 0 Å². The van der Waals surface area contributed by atoms with Crippen LogP contribution < -0.4 is 0 Å². The van der Waals surface area contributed by atoms with Crippen molar-refractivity contribution < 1.29 is 0 Å². The van der Waals surface area contributed by atoms with Crippen LogP contribution in [-0.2, 0) is 12.8 Å². The van der Waals surface area contributed by atoms with Gasteiger partial charge in [0.15, 0.2) is 0 Å². The van der Waals surface area contributed by atoms with Crippen LogP contribution in [0.4, 0.5) is 0 Å². The van der Waals surface area contributed by atoms with Crippen LogP contribution in [0.5, 0.6) is 0 Å². The molecule has 0 bridgehead atoms. The molecule has 0 aliphatic rings. The van der Waals surface area contributed by atoms with Crippen molar-refractivity contribution in [2.24, 2.45) is 0 Å². The maximum atomic E-state index is 3.45. The van der Waals surface area contributed by atoms with Gasteiger partial charge in [0.2, 0.25) is 0 Å². The number of hydrogen-bond acceptors (Lipinski definition) is 0. The summed E-state index contributed by atoms with van der Waals surface area (Å²) in [5.41, 5.74) is 7.46. The van der Waals surface area contributed by atoms with Gasteiger partial charge >= 0.3 is 0 Å². The molecule has 16 heavy (non-hydrogen) atoms. The molecule has 0 atom stereocenters. The van der Waals surface area contributed by atoms with Crippen LogP contribution in [0.15, 0.2) is 18.2 Å². The first kappa shape index (κ1) is 13.1. The molecule has 0 heterocycles. The van der Waals surface area contributed by atoms with Gasteiger partial charge in [-0.2, -0.15) is 0 Å². The lowest BCUT2D eigenvalue weighted by Gasteiger charge is -2.07. The van der Waals surface area contributed by atoms with Gasteiger partial charge in [0.1, 0.15) is 8.07 Å². The minimum Gasteiger partial charge on any atom is -0.127 e. The zero-order valence-corrected chi connectivity index (χ0v) is 12.1. The predicted molar refractivity (Wildman–Crippen MR) is 75.4 cm³/mol. The van der Waals surface area contributed by atoms with E-state index in [4.69, 9.17) is 0 Å². The van der Waals surface area contributed by atoms with Gasteiger partial charge in [-0.3, -0.25) is 0 Å². The first-order valence-corrected chi connectivity index (χ1v) is 9.61.